The number of benzene rings is 2. The predicted molar refractivity (Wildman–Crippen MR) is 76.9 cm³/mol. The molecule has 2 aromatic carbocycles. The number of carbonyl (C=O) groups is 1. The van der Waals surface area contributed by atoms with Crippen molar-refractivity contribution in [3.8, 4) is 0 Å². The second kappa shape index (κ2) is 6.71. The summed E-state index contributed by atoms with van der Waals surface area (Å²) in [5.41, 5.74) is 1.46. The minimum Gasteiger partial charge on any atom is -0.369 e. The second-order valence-electron chi connectivity index (χ2n) is 4.02. The Labute approximate surface area is 121 Å². The number of halogens is 2. The summed E-state index contributed by atoms with van der Waals surface area (Å²) in [6, 6.07) is 14.2. The molecule has 0 aliphatic rings. The number of hydrogen-bond acceptors (Lipinski definition) is 2. The van der Waals surface area contributed by atoms with E-state index in [1.807, 2.05) is 12.1 Å². The van der Waals surface area contributed by atoms with Crippen LogP contribution in [0.15, 0.2) is 48.5 Å². The Morgan fingerprint density at radius 3 is 2.37 bits per heavy atom. The van der Waals surface area contributed by atoms with Crippen molar-refractivity contribution < 1.29 is 9.53 Å². The van der Waals surface area contributed by atoms with Crippen molar-refractivity contribution in [1.82, 2.24) is 0 Å². The fraction of sp³-hybridized carbons (Fsp3) is 0.133. The Bertz CT molecular complexity index is 565. The molecule has 0 spiro atoms. The maximum absolute atomic E-state index is 11.9. The number of ketones is 1. The van der Waals surface area contributed by atoms with Gasteiger partial charge >= 0.3 is 0 Å². The van der Waals surface area contributed by atoms with E-state index in [1.54, 1.807) is 36.4 Å². The first-order valence-corrected chi connectivity index (χ1v) is 6.52. The lowest BCUT2D eigenvalue weighted by atomic mass is 10.1. The summed E-state index contributed by atoms with van der Waals surface area (Å²) in [5, 5.41) is 1.12. The molecule has 0 aromatic heterocycles. The van der Waals surface area contributed by atoms with E-state index < -0.39 is 0 Å². The lowest BCUT2D eigenvalue weighted by molar-refractivity contribution is 0.0727. The zero-order chi connectivity index (χ0) is 13.7. The zero-order valence-electron chi connectivity index (χ0n) is 10.1. The Kier molecular flexibility index (Phi) is 4.97. The van der Waals surface area contributed by atoms with Gasteiger partial charge in [-0.15, -0.1) is 0 Å². The lowest BCUT2D eigenvalue weighted by Crippen LogP contribution is -2.09. The summed E-state index contributed by atoms with van der Waals surface area (Å²) in [5.74, 6) is -0.125. The summed E-state index contributed by atoms with van der Waals surface area (Å²) in [6.45, 7) is 0.375. The molecule has 2 nitrogen and oxygen atoms in total. The van der Waals surface area contributed by atoms with Crippen LogP contribution in [0.2, 0.25) is 10.0 Å². The fourth-order valence-corrected chi connectivity index (χ4v) is 1.97. The summed E-state index contributed by atoms with van der Waals surface area (Å²) >= 11 is 11.7. The van der Waals surface area contributed by atoms with E-state index in [2.05, 4.69) is 0 Å². The van der Waals surface area contributed by atoms with Gasteiger partial charge in [-0.25, -0.2) is 0 Å². The summed E-state index contributed by atoms with van der Waals surface area (Å²) in [6.07, 6.45) is 0. The van der Waals surface area contributed by atoms with Gasteiger partial charge in [-0.3, -0.25) is 4.79 Å². The summed E-state index contributed by atoms with van der Waals surface area (Å²) in [7, 11) is 0. The molecule has 4 heteroatoms. The highest BCUT2D eigenvalue weighted by molar-refractivity contribution is 6.34. The van der Waals surface area contributed by atoms with Crippen LogP contribution in [0.3, 0.4) is 0 Å². The van der Waals surface area contributed by atoms with Crippen molar-refractivity contribution in [2.24, 2.45) is 0 Å². The largest absolute Gasteiger partial charge is 0.369 e. The highest BCUT2D eigenvalue weighted by atomic mass is 35.5. The molecule has 2 aromatic rings. The number of rotatable bonds is 5. The van der Waals surface area contributed by atoms with E-state index in [4.69, 9.17) is 27.9 Å². The van der Waals surface area contributed by atoms with Crippen molar-refractivity contribution in [3.63, 3.8) is 0 Å². The molecule has 98 valence electrons. The summed E-state index contributed by atoms with van der Waals surface area (Å²) in [4.78, 5) is 11.9. The first-order chi connectivity index (χ1) is 9.16. The second-order valence-corrected chi connectivity index (χ2v) is 4.87. The van der Waals surface area contributed by atoms with Crippen molar-refractivity contribution in [3.05, 3.63) is 69.7 Å². The van der Waals surface area contributed by atoms with Gasteiger partial charge in [-0.2, -0.15) is 0 Å². The summed E-state index contributed by atoms with van der Waals surface area (Å²) < 4.78 is 5.38. The topological polar surface area (TPSA) is 26.3 Å². The maximum atomic E-state index is 11.9. The van der Waals surface area contributed by atoms with Gasteiger partial charge in [0.15, 0.2) is 5.78 Å². The SMILES string of the molecule is O=C(COCc1ccc(Cl)cc1)c1ccccc1Cl. The fourth-order valence-electron chi connectivity index (χ4n) is 1.61. The van der Waals surface area contributed by atoms with Crippen molar-refractivity contribution in [2.45, 2.75) is 6.61 Å². The predicted octanol–water partition coefficient (Wildman–Crippen LogP) is 4.39. The van der Waals surface area contributed by atoms with Crippen LogP contribution in [-0.4, -0.2) is 12.4 Å². The zero-order valence-corrected chi connectivity index (χ0v) is 11.6. The molecule has 0 saturated carbocycles. The van der Waals surface area contributed by atoms with Crippen LogP contribution in [0.1, 0.15) is 15.9 Å². The van der Waals surface area contributed by atoms with Crippen molar-refractivity contribution in [1.29, 1.82) is 0 Å². The third-order valence-electron chi connectivity index (χ3n) is 2.59. The Hall–Kier alpha value is -1.35. The van der Waals surface area contributed by atoms with Gasteiger partial charge in [-0.05, 0) is 29.8 Å². The monoisotopic (exact) mass is 294 g/mol. The molecule has 0 atom stereocenters. The average molecular weight is 295 g/mol. The van der Waals surface area contributed by atoms with Gasteiger partial charge < -0.3 is 4.74 Å². The first-order valence-electron chi connectivity index (χ1n) is 5.77. The lowest BCUT2D eigenvalue weighted by Gasteiger charge is -2.05. The molecule has 0 fully saturated rings. The molecule has 0 saturated heterocycles. The van der Waals surface area contributed by atoms with E-state index in [9.17, 15) is 4.79 Å². The molecule has 0 aliphatic heterocycles. The number of Topliss-reactive ketones (excluding diaryl/α,β-unsaturated/α-hetero) is 1. The quantitative estimate of drug-likeness (QED) is 0.764. The molecule has 0 aliphatic carbocycles. The smallest absolute Gasteiger partial charge is 0.189 e. The molecule has 0 N–H and O–H groups in total. The molecule has 0 amide bonds. The van der Waals surface area contributed by atoms with Crippen LogP contribution in [-0.2, 0) is 11.3 Å². The van der Waals surface area contributed by atoms with E-state index in [-0.39, 0.29) is 12.4 Å². The van der Waals surface area contributed by atoms with Crippen LogP contribution < -0.4 is 0 Å². The molecule has 0 bridgehead atoms. The van der Waals surface area contributed by atoms with Gasteiger partial charge in [0.2, 0.25) is 0 Å². The third-order valence-corrected chi connectivity index (χ3v) is 3.17. The van der Waals surface area contributed by atoms with Crippen LogP contribution in [0.25, 0.3) is 0 Å². The number of carbonyl (C=O) groups excluding carboxylic acids is 1. The molecular formula is C15H12Cl2O2. The van der Waals surface area contributed by atoms with Gasteiger partial charge in [0.05, 0.1) is 11.6 Å². The van der Waals surface area contributed by atoms with Gasteiger partial charge in [0.25, 0.3) is 0 Å². The van der Waals surface area contributed by atoms with Gasteiger partial charge in [0, 0.05) is 10.6 Å². The molecule has 19 heavy (non-hydrogen) atoms. The minimum atomic E-state index is -0.125. The van der Waals surface area contributed by atoms with Crippen LogP contribution in [0.4, 0.5) is 0 Å². The first kappa shape index (κ1) is 14.1. The van der Waals surface area contributed by atoms with Crippen LogP contribution >= 0.6 is 23.2 Å². The minimum absolute atomic E-state index is 0.00631. The van der Waals surface area contributed by atoms with Crippen LogP contribution in [0.5, 0.6) is 0 Å². The standard InChI is InChI=1S/C15H12Cl2O2/c16-12-7-5-11(6-8-12)9-19-10-15(18)13-3-1-2-4-14(13)17/h1-8H,9-10H2. The molecule has 0 radical (unpaired) electrons. The number of hydrogen-bond donors (Lipinski definition) is 0. The Morgan fingerprint density at radius 2 is 1.68 bits per heavy atom. The number of ether oxygens (including phenoxy) is 1. The molecular weight excluding hydrogens is 283 g/mol. The van der Waals surface area contributed by atoms with Crippen LogP contribution in [0, 0.1) is 0 Å². The van der Waals surface area contributed by atoms with Crippen molar-refractivity contribution in [2.75, 3.05) is 6.61 Å². The van der Waals surface area contributed by atoms with E-state index in [0.29, 0.717) is 22.2 Å². The molecule has 2 rings (SSSR count). The van der Waals surface area contributed by atoms with E-state index >= 15 is 0 Å². The Balaban J connectivity index is 1.88. The van der Waals surface area contributed by atoms with Crippen molar-refractivity contribution >= 4 is 29.0 Å². The third kappa shape index (κ3) is 4.06. The molecule has 0 heterocycles. The Morgan fingerprint density at radius 1 is 1.00 bits per heavy atom. The maximum Gasteiger partial charge on any atom is 0.189 e. The normalized spacial score (nSPS) is 10.4. The van der Waals surface area contributed by atoms with E-state index in [0.717, 1.165) is 5.56 Å². The van der Waals surface area contributed by atoms with E-state index in [1.165, 1.54) is 0 Å². The average Bonchev–Trinajstić information content (AvgIpc) is 2.41. The molecule has 0 unspecified atom stereocenters. The van der Waals surface area contributed by atoms with Gasteiger partial charge in [0.1, 0.15) is 6.61 Å². The van der Waals surface area contributed by atoms with Gasteiger partial charge in [-0.1, -0.05) is 47.5 Å². The highest BCUT2D eigenvalue weighted by Gasteiger charge is 2.09. The highest BCUT2D eigenvalue weighted by Crippen LogP contribution is 2.16.